The average molecular weight is 232 g/mol. The zero-order chi connectivity index (χ0) is 12.6. The van der Waals surface area contributed by atoms with Crippen molar-refractivity contribution >= 4 is 11.6 Å². The van der Waals surface area contributed by atoms with Gasteiger partial charge in [-0.25, -0.2) is 0 Å². The first-order chi connectivity index (χ1) is 7.89. The van der Waals surface area contributed by atoms with Crippen LogP contribution in [0.5, 0.6) is 0 Å². The van der Waals surface area contributed by atoms with Crippen LogP contribution in [-0.4, -0.2) is 24.5 Å². The van der Waals surface area contributed by atoms with Crippen LogP contribution in [0.2, 0.25) is 0 Å². The van der Waals surface area contributed by atoms with E-state index in [1.165, 1.54) is 5.56 Å². The highest BCUT2D eigenvalue weighted by Gasteiger charge is 2.31. The first-order valence-electron chi connectivity index (χ1n) is 6.02. The molecule has 0 atom stereocenters. The Balaban J connectivity index is 2.37. The molecule has 1 N–H and O–H groups in total. The first-order valence-corrected chi connectivity index (χ1v) is 6.02. The molecule has 0 aromatic heterocycles. The molecule has 0 unspecified atom stereocenters. The summed E-state index contributed by atoms with van der Waals surface area (Å²) in [5.74, 6) is 0.151. The third-order valence-electron chi connectivity index (χ3n) is 3.23. The minimum atomic E-state index is -0.0237. The molecule has 1 fully saturated rings. The molecule has 0 radical (unpaired) electrons. The van der Waals surface area contributed by atoms with E-state index in [0.29, 0.717) is 6.54 Å². The predicted octanol–water partition coefficient (Wildman–Crippen LogP) is 2.02. The lowest BCUT2D eigenvalue weighted by molar-refractivity contribution is -0.119. The van der Waals surface area contributed by atoms with Crippen LogP contribution in [0.4, 0.5) is 5.69 Å². The number of nitrogens with zero attached hydrogens (tertiary/aromatic N) is 1. The van der Waals surface area contributed by atoms with E-state index < -0.39 is 0 Å². The van der Waals surface area contributed by atoms with Gasteiger partial charge in [0.2, 0.25) is 5.91 Å². The molecule has 92 valence electrons. The summed E-state index contributed by atoms with van der Waals surface area (Å²) >= 11 is 0. The van der Waals surface area contributed by atoms with E-state index in [4.69, 9.17) is 0 Å². The normalized spacial score (nSPS) is 19.5. The van der Waals surface area contributed by atoms with Gasteiger partial charge in [-0.05, 0) is 44.9 Å². The highest BCUT2D eigenvalue weighted by Crippen LogP contribution is 2.25. The number of anilines is 1. The Labute approximate surface area is 103 Å². The van der Waals surface area contributed by atoms with Crippen molar-refractivity contribution in [3.8, 4) is 0 Å². The van der Waals surface area contributed by atoms with Gasteiger partial charge in [-0.1, -0.05) is 12.1 Å². The Kier molecular flexibility index (Phi) is 2.96. The number of carbonyl (C=O) groups is 1. The second-order valence-electron chi connectivity index (χ2n) is 5.51. The van der Waals surface area contributed by atoms with E-state index in [2.05, 4.69) is 51.2 Å². The molecule has 0 spiro atoms. The van der Waals surface area contributed by atoms with Crippen molar-refractivity contribution in [2.24, 2.45) is 0 Å². The van der Waals surface area contributed by atoms with Crippen molar-refractivity contribution in [3.63, 3.8) is 0 Å². The highest BCUT2D eigenvalue weighted by atomic mass is 16.2. The number of nitrogens with one attached hydrogen (secondary N) is 1. The molecular formula is C14H20N2O. The maximum Gasteiger partial charge on any atom is 0.241 e. The molecule has 1 amide bonds. The fourth-order valence-electron chi connectivity index (χ4n) is 2.18. The van der Waals surface area contributed by atoms with Gasteiger partial charge in [0.25, 0.3) is 0 Å². The van der Waals surface area contributed by atoms with E-state index >= 15 is 0 Å². The number of rotatable bonds is 1. The Bertz CT molecular complexity index is 452. The fourth-order valence-corrected chi connectivity index (χ4v) is 2.18. The van der Waals surface area contributed by atoms with Crippen LogP contribution in [0.15, 0.2) is 18.2 Å². The molecule has 0 bridgehead atoms. The molecule has 3 heteroatoms. The van der Waals surface area contributed by atoms with Crippen LogP contribution in [0.3, 0.4) is 0 Å². The quantitative estimate of drug-likeness (QED) is 0.803. The number of carbonyl (C=O) groups excluding carboxylic acids is 1. The van der Waals surface area contributed by atoms with Gasteiger partial charge in [0.05, 0.1) is 6.54 Å². The SMILES string of the molecule is Cc1ccc(C)c(N2CC(C)(C)NCC2=O)c1. The number of benzene rings is 1. The smallest absolute Gasteiger partial charge is 0.241 e. The molecule has 1 aliphatic heterocycles. The summed E-state index contributed by atoms with van der Waals surface area (Å²) in [7, 11) is 0. The third-order valence-corrected chi connectivity index (χ3v) is 3.23. The molecule has 3 nitrogen and oxygen atoms in total. The lowest BCUT2D eigenvalue weighted by atomic mass is 10.00. The summed E-state index contributed by atoms with van der Waals surface area (Å²) in [6.45, 7) is 9.49. The Morgan fingerprint density at radius 3 is 2.71 bits per heavy atom. The maximum atomic E-state index is 12.0. The minimum Gasteiger partial charge on any atom is -0.309 e. The largest absolute Gasteiger partial charge is 0.309 e. The molecule has 0 aliphatic carbocycles. The van der Waals surface area contributed by atoms with Gasteiger partial charge >= 0.3 is 0 Å². The highest BCUT2D eigenvalue weighted by molar-refractivity contribution is 5.96. The van der Waals surface area contributed by atoms with Crippen LogP contribution in [0.1, 0.15) is 25.0 Å². The van der Waals surface area contributed by atoms with Gasteiger partial charge in [0.15, 0.2) is 0 Å². The number of aryl methyl sites for hydroxylation is 2. The fraction of sp³-hybridized carbons (Fsp3) is 0.500. The van der Waals surface area contributed by atoms with Crippen molar-refractivity contribution in [2.75, 3.05) is 18.0 Å². The molecule has 1 heterocycles. The molecule has 1 aromatic carbocycles. The van der Waals surface area contributed by atoms with Crippen LogP contribution >= 0.6 is 0 Å². The summed E-state index contributed by atoms with van der Waals surface area (Å²) in [5.41, 5.74) is 3.37. The third kappa shape index (κ3) is 2.50. The first kappa shape index (κ1) is 12.1. The molecule has 0 saturated carbocycles. The summed E-state index contributed by atoms with van der Waals surface area (Å²) in [6, 6.07) is 6.25. The van der Waals surface area contributed by atoms with Crippen LogP contribution in [0.25, 0.3) is 0 Å². The average Bonchev–Trinajstić information content (AvgIpc) is 2.25. The second kappa shape index (κ2) is 4.15. The van der Waals surface area contributed by atoms with Gasteiger partial charge < -0.3 is 10.2 Å². The van der Waals surface area contributed by atoms with E-state index in [0.717, 1.165) is 17.8 Å². The van der Waals surface area contributed by atoms with E-state index in [-0.39, 0.29) is 11.4 Å². The molecule has 1 aliphatic rings. The molecule has 1 saturated heterocycles. The molecule has 1 aromatic rings. The maximum absolute atomic E-state index is 12.0. The van der Waals surface area contributed by atoms with Gasteiger partial charge in [0, 0.05) is 17.8 Å². The second-order valence-corrected chi connectivity index (χ2v) is 5.51. The number of hydrogen-bond acceptors (Lipinski definition) is 2. The number of piperazine rings is 1. The van der Waals surface area contributed by atoms with Crippen molar-refractivity contribution in [3.05, 3.63) is 29.3 Å². The van der Waals surface area contributed by atoms with Gasteiger partial charge in [-0.15, -0.1) is 0 Å². The van der Waals surface area contributed by atoms with Crippen molar-refractivity contribution in [1.29, 1.82) is 0 Å². The standard InChI is InChI=1S/C14H20N2O/c1-10-5-6-11(2)12(7-10)16-9-14(3,4)15-8-13(16)17/h5-7,15H,8-9H2,1-4H3. The van der Waals surface area contributed by atoms with E-state index in [1.807, 2.05) is 4.90 Å². The zero-order valence-corrected chi connectivity index (χ0v) is 11.0. The molecule has 2 rings (SSSR count). The van der Waals surface area contributed by atoms with Crippen molar-refractivity contribution in [1.82, 2.24) is 5.32 Å². The topological polar surface area (TPSA) is 32.3 Å². The Hall–Kier alpha value is -1.35. The van der Waals surface area contributed by atoms with Crippen LogP contribution < -0.4 is 10.2 Å². The zero-order valence-electron chi connectivity index (χ0n) is 11.0. The van der Waals surface area contributed by atoms with Gasteiger partial charge in [0.1, 0.15) is 0 Å². The van der Waals surface area contributed by atoms with Gasteiger partial charge in [-0.2, -0.15) is 0 Å². The van der Waals surface area contributed by atoms with Crippen molar-refractivity contribution in [2.45, 2.75) is 33.2 Å². The summed E-state index contributed by atoms with van der Waals surface area (Å²) in [6.07, 6.45) is 0. The summed E-state index contributed by atoms with van der Waals surface area (Å²) < 4.78 is 0. The lowest BCUT2D eigenvalue weighted by Gasteiger charge is -2.39. The number of amides is 1. The molecular weight excluding hydrogens is 212 g/mol. The van der Waals surface area contributed by atoms with Crippen molar-refractivity contribution < 1.29 is 4.79 Å². The molecule has 17 heavy (non-hydrogen) atoms. The Morgan fingerprint density at radius 1 is 1.29 bits per heavy atom. The summed E-state index contributed by atoms with van der Waals surface area (Å²) in [4.78, 5) is 13.9. The monoisotopic (exact) mass is 232 g/mol. The Morgan fingerprint density at radius 2 is 2.00 bits per heavy atom. The number of hydrogen-bond donors (Lipinski definition) is 1. The predicted molar refractivity (Wildman–Crippen MR) is 70.4 cm³/mol. The van der Waals surface area contributed by atoms with Crippen LogP contribution in [0, 0.1) is 13.8 Å². The van der Waals surface area contributed by atoms with Crippen LogP contribution in [-0.2, 0) is 4.79 Å². The summed E-state index contributed by atoms with van der Waals surface area (Å²) in [5, 5.41) is 3.25. The minimum absolute atomic E-state index is 0.0237. The lowest BCUT2D eigenvalue weighted by Crippen LogP contribution is -2.60. The van der Waals surface area contributed by atoms with E-state index in [9.17, 15) is 4.79 Å². The van der Waals surface area contributed by atoms with Gasteiger partial charge in [-0.3, -0.25) is 4.79 Å². The van der Waals surface area contributed by atoms with E-state index in [1.54, 1.807) is 0 Å².